The molecule has 1 heterocycles. The van der Waals surface area contributed by atoms with Gasteiger partial charge in [-0.05, 0) is 25.7 Å². The standard InChI is InChI=1S/C19H39N3O2/c1-3-4-5-6-7-8-9-13-21-19(20-2)22-14-10-15-24-18-11-16-23-17-12-18/h18H,3-17H2,1-2H3,(H2,20,21,22). The SMILES string of the molecule is CCCCCCCCCNC(=NC)NCCCOC1CCOCC1. The molecule has 0 aliphatic carbocycles. The molecule has 1 rings (SSSR count). The van der Waals surface area contributed by atoms with E-state index >= 15 is 0 Å². The van der Waals surface area contributed by atoms with Crippen molar-refractivity contribution in [3.8, 4) is 0 Å². The second kappa shape index (κ2) is 15.7. The Kier molecular flexibility index (Phi) is 13.9. The number of hydrogen-bond donors (Lipinski definition) is 2. The zero-order chi connectivity index (χ0) is 17.3. The molecular formula is C19H39N3O2. The van der Waals surface area contributed by atoms with Crippen LogP contribution in [0.15, 0.2) is 4.99 Å². The van der Waals surface area contributed by atoms with Crippen LogP contribution in [0.5, 0.6) is 0 Å². The summed E-state index contributed by atoms with van der Waals surface area (Å²) in [5, 5.41) is 6.75. The highest BCUT2D eigenvalue weighted by Crippen LogP contribution is 2.10. The van der Waals surface area contributed by atoms with Crippen molar-refractivity contribution in [1.82, 2.24) is 10.6 Å². The zero-order valence-electron chi connectivity index (χ0n) is 15.9. The lowest BCUT2D eigenvalue weighted by Crippen LogP contribution is -2.38. The van der Waals surface area contributed by atoms with E-state index in [1.54, 1.807) is 0 Å². The maximum atomic E-state index is 5.87. The van der Waals surface area contributed by atoms with Crippen LogP contribution < -0.4 is 10.6 Å². The number of nitrogens with zero attached hydrogens (tertiary/aromatic N) is 1. The predicted octanol–water partition coefficient (Wildman–Crippen LogP) is 3.49. The molecule has 2 N–H and O–H groups in total. The molecule has 1 fully saturated rings. The molecule has 0 radical (unpaired) electrons. The molecule has 1 saturated heterocycles. The summed E-state index contributed by atoms with van der Waals surface area (Å²) in [6, 6.07) is 0. The summed E-state index contributed by atoms with van der Waals surface area (Å²) < 4.78 is 11.2. The Morgan fingerprint density at radius 3 is 2.25 bits per heavy atom. The van der Waals surface area contributed by atoms with Gasteiger partial charge in [0.15, 0.2) is 5.96 Å². The number of unbranched alkanes of at least 4 members (excludes halogenated alkanes) is 6. The molecule has 0 aromatic rings. The Morgan fingerprint density at radius 1 is 0.958 bits per heavy atom. The number of hydrogen-bond acceptors (Lipinski definition) is 3. The second-order valence-corrected chi connectivity index (χ2v) is 6.58. The molecule has 0 unspecified atom stereocenters. The molecule has 1 aliphatic heterocycles. The van der Waals surface area contributed by atoms with E-state index in [9.17, 15) is 0 Å². The van der Waals surface area contributed by atoms with Crippen LogP contribution in [0.4, 0.5) is 0 Å². The molecule has 0 atom stereocenters. The smallest absolute Gasteiger partial charge is 0.190 e. The Bertz CT molecular complexity index is 305. The van der Waals surface area contributed by atoms with E-state index in [1.807, 2.05) is 7.05 Å². The number of aliphatic imine (C=N–C) groups is 1. The third kappa shape index (κ3) is 11.7. The molecule has 0 saturated carbocycles. The van der Waals surface area contributed by atoms with Gasteiger partial charge in [-0.25, -0.2) is 0 Å². The summed E-state index contributed by atoms with van der Waals surface area (Å²) in [5.41, 5.74) is 0. The zero-order valence-corrected chi connectivity index (χ0v) is 15.9. The normalized spacial score (nSPS) is 16.3. The number of nitrogens with one attached hydrogen (secondary N) is 2. The summed E-state index contributed by atoms with van der Waals surface area (Å²) in [7, 11) is 1.83. The van der Waals surface area contributed by atoms with E-state index < -0.39 is 0 Å². The van der Waals surface area contributed by atoms with Gasteiger partial charge in [0.25, 0.3) is 0 Å². The number of rotatable bonds is 13. The van der Waals surface area contributed by atoms with Crippen molar-refractivity contribution in [2.24, 2.45) is 4.99 Å². The summed E-state index contributed by atoms with van der Waals surface area (Å²) in [4.78, 5) is 4.27. The van der Waals surface area contributed by atoms with Gasteiger partial charge < -0.3 is 20.1 Å². The molecule has 1 aliphatic rings. The van der Waals surface area contributed by atoms with E-state index in [0.717, 1.165) is 58.1 Å². The lowest BCUT2D eigenvalue weighted by atomic mass is 10.1. The van der Waals surface area contributed by atoms with Crippen LogP contribution in [0.3, 0.4) is 0 Å². The number of ether oxygens (including phenoxy) is 2. The molecule has 0 amide bonds. The van der Waals surface area contributed by atoms with Crippen LogP contribution in [0.25, 0.3) is 0 Å². The van der Waals surface area contributed by atoms with Gasteiger partial charge in [-0.1, -0.05) is 45.4 Å². The molecule has 0 bridgehead atoms. The number of guanidine groups is 1. The Labute approximate surface area is 149 Å². The van der Waals surface area contributed by atoms with Crippen molar-refractivity contribution in [3.05, 3.63) is 0 Å². The van der Waals surface area contributed by atoms with Gasteiger partial charge in [0, 0.05) is 40.0 Å². The van der Waals surface area contributed by atoms with E-state index in [2.05, 4.69) is 22.5 Å². The van der Waals surface area contributed by atoms with Crippen molar-refractivity contribution in [1.29, 1.82) is 0 Å². The maximum Gasteiger partial charge on any atom is 0.190 e. The van der Waals surface area contributed by atoms with Crippen LogP contribution in [0.1, 0.15) is 71.1 Å². The first-order valence-corrected chi connectivity index (χ1v) is 10.0. The van der Waals surface area contributed by atoms with Crippen molar-refractivity contribution >= 4 is 5.96 Å². The molecule has 5 nitrogen and oxygen atoms in total. The third-order valence-corrected chi connectivity index (χ3v) is 4.43. The molecule has 0 aromatic carbocycles. The van der Waals surface area contributed by atoms with E-state index in [1.165, 1.54) is 44.9 Å². The minimum atomic E-state index is 0.397. The van der Waals surface area contributed by atoms with Crippen LogP contribution >= 0.6 is 0 Å². The lowest BCUT2D eigenvalue weighted by molar-refractivity contribution is -0.0320. The second-order valence-electron chi connectivity index (χ2n) is 6.58. The van der Waals surface area contributed by atoms with Crippen molar-refractivity contribution in [3.63, 3.8) is 0 Å². The largest absolute Gasteiger partial charge is 0.381 e. The highest BCUT2D eigenvalue weighted by molar-refractivity contribution is 5.79. The monoisotopic (exact) mass is 341 g/mol. The average molecular weight is 342 g/mol. The Morgan fingerprint density at radius 2 is 1.58 bits per heavy atom. The van der Waals surface area contributed by atoms with Crippen LogP contribution in [0.2, 0.25) is 0 Å². The van der Waals surface area contributed by atoms with Crippen LogP contribution in [0, 0.1) is 0 Å². The Hall–Kier alpha value is -0.810. The summed E-state index contributed by atoms with van der Waals surface area (Å²) in [6.07, 6.45) is 12.9. The van der Waals surface area contributed by atoms with E-state index in [0.29, 0.717) is 6.10 Å². The van der Waals surface area contributed by atoms with Crippen molar-refractivity contribution in [2.75, 3.05) is 40.0 Å². The highest BCUT2D eigenvalue weighted by Gasteiger charge is 2.13. The van der Waals surface area contributed by atoms with Gasteiger partial charge in [0.1, 0.15) is 0 Å². The molecule has 0 spiro atoms. The van der Waals surface area contributed by atoms with Crippen LogP contribution in [-0.2, 0) is 9.47 Å². The lowest BCUT2D eigenvalue weighted by Gasteiger charge is -2.22. The third-order valence-electron chi connectivity index (χ3n) is 4.43. The molecule has 142 valence electrons. The topological polar surface area (TPSA) is 54.9 Å². The van der Waals surface area contributed by atoms with Gasteiger partial charge in [-0.3, -0.25) is 4.99 Å². The molecule has 0 aromatic heterocycles. The van der Waals surface area contributed by atoms with Crippen LogP contribution in [-0.4, -0.2) is 52.0 Å². The van der Waals surface area contributed by atoms with Crippen molar-refractivity contribution < 1.29 is 9.47 Å². The first-order chi connectivity index (χ1) is 11.9. The maximum absolute atomic E-state index is 5.87. The van der Waals surface area contributed by atoms with Crippen molar-refractivity contribution in [2.45, 2.75) is 77.2 Å². The molecule has 5 heteroatoms. The molecule has 24 heavy (non-hydrogen) atoms. The minimum Gasteiger partial charge on any atom is -0.381 e. The molecular weight excluding hydrogens is 302 g/mol. The summed E-state index contributed by atoms with van der Waals surface area (Å²) in [6.45, 7) is 6.67. The van der Waals surface area contributed by atoms with Gasteiger partial charge in [0.05, 0.1) is 6.10 Å². The van der Waals surface area contributed by atoms with Gasteiger partial charge >= 0.3 is 0 Å². The van der Waals surface area contributed by atoms with Gasteiger partial charge in [-0.2, -0.15) is 0 Å². The first-order valence-electron chi connectivity index (χ1n) is 10.0. The predicted molar refractivity (Wildman–Crippen MR) is 102 cm³/mol. The first kappa shape index (κ1) is 21.2. The fraction of sp³-hybridized carbons (Fsp3) is 0.947. The highest BCUT2D eigenvalue weighted by atomic mass is 16.5. The average Bonchev–Trinajstić information content (AvgIpc) is 2.62. The summed E-state index contributed by atoms with van der Waals surface area (Å²) in [5.74, 6) is 0.909. The summed E-state index contributed by atoms with van der Waals surface area (Å²) >= 11 is 0. The minimum absolute atomic E-state index is 0.397. The fourth-order valence-corrected chi connectivity index (χ4v) is 2.88. The van der Waals surface area contributed by atoms with E-state index in [-0.39, 0.29) is 0 Å². The van der Waals surface area contributed by atoms with Gasteiger partial charge in [-0.15, -0.1) is 0 Å². The fourth-order valence-electron chi connectivity index (χ4n) is 2.88. The van der Waals surface area contributed by atoms with Gasteiger partial charge in [0.2, 0.25) is 0 Å². The Balaban J connectivity index is 1.89. The van der Waals surface area contributed by atoms with E-state index in [4.69, 9.17) is 9.47 Å². The quantitative estimate of drug-likeness (QED) is 0.306.